The first kappa shape index (κ1) is 13.8. The lowest BCUT2D eigenvalue weighted by molar-refractivity contribution is 0.0950. The van der Waals surface area contributed by atoms with Gasteiger partial charge in [-0.2, -0.15) is 0 Å². The molecule has 0 aliphatic carbocycles. The molecule has 0 aromatic heterocycles. The monoisotopic (exact) mass is 256 g/mol. The quantitative estimate of drug-likeness (QED) is 0.556. The number of amides is 1. The van der Waals surface area contributed by atoms with Crippen molar-refractivity contribution in [2.24, 2.45) is 0 Å². The fourth-order valence-electron chi connectivity index (χ4n) is 1.43. The van der Waals surface area contributed by atoms with Crippen LogP contribution in [0.3, 0.4) is 0 Å². The Morgan fingerprint density at radius 1 is 1.59 bits per heavy atom. The number of anilines is 1. The average molecular weight is 257 g/mol. The van der Waals surface area contributed by atoms with Crippen molar-refractivity contribution in [1.29, 1.82) is 0 Å². The van der Waals surface area contributed by atoms with E-state index in [0.717, 1.165) is 6.42 Å². The largest absolute Gasteiger partial charge is 0.398 e. The lowest BCUT2D eigenvalue weighted by Crippen LogP contribution is -2.25. The van der Waals surface area contributed by atoms with E-state index in [4.69, 9.17) is 22.4 Å². The van der Waals surface area contributed by atoms with Crippen LogP contribution in [0.15, 0.2) is 18.2 Å². The standard InChI is InChI=1S/C12H17ClN2O2/c1-8(16)3-2-6-15-12(17)10-5-4-9(13)7-11(10)14/h4-5,7-8,16H,2-3,6,14H2,1H3,(H,15,17). The number of benzene rings is 1. The summed E-state index contributed by atoms with van der Waals surface area (Å²) in [6, 6.07) is 4.77. The highest BCUT2D eigenvalue weighted by molar-refractivity contribution is 6.31. The van der Waals surface area contributed by atoms with E-state index in [1.807, 2.05) is 0 Å². The molecule has 0 radical (unpaired) electrons. The van der Waals surface area contributed by atoms with Crippen LogP contribution in [0.4, 0.5) is 5.69 Å². The topological polar surface area (TPSA) is 75.3 Å². The van der Waals surface area contributed by atoms with Crippen molar-refractivity contribution in [3.63, 3.8) is 0 Å². The van der Waals surface area contributed by atoms with Crippen molar-refractivity contribution in [2.45, 2.75) is 25.9 Å². The Hall–Kier alpha value is -1.26. The average Bonchev–Trinajstić information content (AvgIpc) is 2.23. The van der Waals surface area contributed by atoms with E-state index in [2.05, 4.69) is 5.32 Å². The molecule has 0 fully saturated rings. The maximum absolute atomic E-state index is 11.7. The first-order valence-electron chi connectivity index (χ1n) is 5.52. The van der Waals surface area contributed by atoms with Gasteiger partial charge in [0.2, 0.25) is 0 Å². The van der Waals surface area contributed by atoms with Gasteiger partial charge >= 0.3 is 0 Å². The van der Waals surface area contributed by atoms with Crippen LogP contribution in [-0.2, 0) is 0 Å². The summed E-state index contributed by atoms with van der Waals surface area (Å²) in [6.45, 7) is 2.24. The van der Waals surface area contributed by atoms with E-state index < -0.39 is 0 Å². The van der Waals surface area contributed by atoms with Crippen LogP contribution in [0.1, 0.15) is 30.1 Å². The smallest absolute Gasteiger partial charge is 0.253 e. The van der Waals surface area contributed by atoms with Gasteiger partial charge in [0.05, 0.1) is 11.7 Å². The molecule has 1 unspecified atom stereocenters. The van der Waals surface area contributed by atoms with E-state index in [1.54, 1.807) is 25.1 Å². The number of aliphatic hydroxyl groups is 1. The van der Waals surface area contributed by atoms with E-state index in [-0.39, 0.29) is 12.0 Å². The summed E-state index contributed by atoms with van der Waals surface area (Å²) in [7, 11) is 0. The molecule has 1 rings (SSSR count). The van der Waals surface area contributed by atoms with E-state index in [0.29, 0.717) is 29.2 Å². The van der Waals surface area contributed by atoms with Crippen LogP contribution in [0.25, 0.3) is 0 Å². The highest BCUT2D eigenvalue weighted by Crippen LogP contribution is 2.17. The van der Waals surface area contributed by atoms with Crippen molar-refractivity contribution in [3.05, 3.63) is 28.8 Å². The summed E-state index contributed by atoms with van der Waals surface area (Å²) in [5.74, 6) is -0.218. The van der Waals surface area contributed by atoms with Crippen LogP contribution in [0, 0.1) is 0 Å². The number of carbonyl (C=O) groups is 1. The van der Waals surface area contributed by atoms with Gasteiger partial charge in [0, 0.05) is 17.3 Å². The molecule has 1 aromatic carbocycles. The number of nitrogens with two attached hydrogens (primary N) is 1. The molecule has 0 aliphatic heterocycles. The number of halogens is 1. The minimum atomic E-state index is -0.340. The molecule has 17 heavy (non-hydrogen) atoms. The summed E-state index contributed by atoms with van der Waals surface area (Å²) in [5.41, 5.74) is 6.48. The third-order valence-electron chi connectivity index (χ3n) is 2.34. The lowest BCUT2D eigenvalue weighted by Gasteiger charge is -2.08. The molecule has 94 valence electrons. The summed E-state index contributed by atoms with van der Waals surface area (Å²) in [6.07, 6.45) is 1.06. The molecule has 4 N–H and O–H groups in total. The molecule has 4 nitrogen and oxygen atoms in total. The first-order chi connectivity index (χ1) is 8.00. The minimum Gasteiger partial charge on any atom is -0.398 e. The number of rotatable bonds is 5. The van der Waals surface area contributed by atoms with E-state index >= 15 is 0 Å². The molecule has 1 amide bonds. The highest BCUT2D eigenvalue weighted by atomic mass is 35.5. The molecule has 0 spiro atoms. The van der Waals surface area contributed by atoms with Crippen molar-refractivity contribution in [3.8, 4) is 0 Å². The van der Waals surface area contributed by atoms with E-state index in [9.17, 15) is 4.79 Å². The molecule has 0 saturated carbocycles. The third-order valence-corrected chi connectivity index (χ3v) is 2.58. The second kappa shape index (κ2) is 6.47. The molecule has 1 aromatic rings. The van der Waals surface area contributed by atoms with Gasteiger partial charge in [-0.05, 0) is 38.0 Å². The van der Waals surface area contributed by atoms with Crippen molar-refractivity contribution < 1.29 is 9.90 Å². The Kier molecular flexibility index (Phi) is 5.25. The Morgan fingerprint density at radius 2 is 2.29 bits per heavy atom. The predicted octanol–water partition coefficient (Wildman–Crippen LogP) is 1.81. The minimum absolute atomic E-state index is 0.218. The second-order valence-corrected chi connectivity index (χ2v) is 4.42. The summed E-state index contributed by atoms with van der Waals surface area (Å²) in [4.78, 5) is 11.7. The summed E-state index contributed by atoms with van der Waals surface area (Å²) < 4.78 is 0. The fraction of sp³-hybridized carbons (Fsp3) is 0.417. The SMILES string of the molecule is CC(O)CCCNC(=O)c1ccc(Cl)cc1N. The molecule has 1 atom stereocenters. The van der Waals surface area contributed by atoms with Crippen LogP contribution in [0.2, 0.25) is 5.02 Å². The number of nitrogen functional groups attached to an aromatic ring is 1. The van der Waals surface area contributed by atoms with Gasteiger partial charge in [-0.25, -0.2) is 0 Å². The number of nitrogens with one attached hydrogen (secondary N) is 1. The number of aliphatic hydroxyl groups excluding tert-OH is 1. The van der Waals surface area contributed by atoms with Crippen molar-refractivity contribution >= 4 is 23.2 Å². The molecule has 0 saturated heterocycles. The lowest BCUT2D eigenvalue weighted by atomic mass is 10.1. The zero-order valence-electron chi connectivity index (χ0n) is 9.74. The number of carbonyl (C=O) groups excluding carboxylic acids is 1. The highest BCUT2D eigenvalue weighted by Gasteiger charge is 2.09. The van der Waals surface area contributed by atoms with Crippen LogP contribution < -0.4 is 11.1 Å². The van der Waals surface area contributed by atoms with Gasteiger partial charge in [0.25, 0.3) is 5.91 Å². The summed E-state index contributed by atoms with van der Waals surface area (Å²) in [5, 5.41) is 12.3. The molecule has 0 aliphatic rings. The first-order valence-corrected chi connectivity index (χ1v) is 5.90. The molecule has 5 heteroatoms. The third kappa shape index (κ3) is 4.63. The van der Waals surface area contributed by atoms with Crippen molar-refractivity contribution in [1.82, 2.24) is 5.32 Å². The fourth-order valence-corrected chi connectivity index (χ4v) is 1.62. The number of hydrogen-bond donors (Lipinski definition) is 3. The Balaban J connectivity index is 2.47. The van der Waals surface area contributed by atoms with Crippen LogP contribution >= 0.6 is 11.6 Å². The second-order valence-electron chi connectivity index (χ2n) is 3.98. The van der Waals surface area contributed by atoms with Crippen molar-refractivity contribution in [2.75, 3.05) is 12.3 Å². The Labute approximate surface area is 106 Å². The van der Waals surface area contributed by atoms with Gasteiger partial charge < -0.3 is 16.2 Å². The van der Waals surface area contributed by atoms with Gasteiger partial charge in [-0.15, -0.1) is 0 Å². The van der Waals surface area contributed by atoms with Gasteiger partial charge in [0.1, 0.15) is 0 Å². The zero-order valence-corrected chi connectivity index (χ0v) is 10.5. The number of hydrogen-bond acceptors (Lipinski definition) is 3. The summed E-state index contributed by atoms with van der Waals surface area (Å²) >= 11 is 5.74. The molecular weight excluding hydrogens is 240 g/mol. The maximum atomic E-state index is 11.7. The zero-order chi connectivity index (χ0) is 12.8. The molecule has 0 heterocycles. The van der Waals surface area contributed by atoms with Gasteiger partial charge in [-0.1, -0.05) is 11.6 Å². The van der Waals surface area contributed by atoms with Crippen LogP contribution in [0.5, 0.6) is 0 Å². The molecule has 0 bridgehead atoms. The predicted molar refractivity (Wildman–Crippen MR) is 69.1 cm³/mol. The van der Waals surface area contributed by atoms with Crippen LogP contribution in [-0.4, -0.2) is 23.7 Å². The van der Waals surface area contributed by atoms with Gasteiger partial charge in [-0.3, -0.25) is 4.79 Å². The molecular formula is C12H17ClN2O2. The maximum Gasteiger partial charge on any atom is 0.253 e. The normalized spacial score (nSPS) is 12.2. The van der Waals surface area contributed by atoms with E-state index in [1.165, 1.54) is 0 Å². The van der Waals surface area contributed by atoms with Gasteiger partial charge in [0.15, 0.2) is 0 Å². The Morgan fingerprint density at radius 3 is 2.88 bits per heavy atom. The Bertz CT molecular complexity index is 394.